The number of hydrogen-bond donors (Lipinski definition) is 1. The van der Waals surface area contributed by atoms with Crippen molar-refractivity contribution in [1.82, 2.24) is 10.2 Å². The zero-order valence-corrected chi connectivity index (χ0v) is 16.1. The van der Waals surface area contributed by atoms with Gasteiger partial charge in [-0.05, 0) is 60.5 Å². The topological polar surface area (TPSA) is 32.3 Å². The Kier molecular flexibility index (Phi) is 4.20. The van der Waals surface area contributed by atoms with E-state index >= 15 is 0 Å². The van der Waals surface area contributed by atoms with Crippen molar-refractivity contribution in [2.75, 3.05) is 26.7 Å². The Hall–Kier alpha value is -1.65. The van der Waals surface area contributed by atoms with Gasteiger partial charge in [0.15, 0.2) is 0 Å². The highest BCUT2D eigenvalue weighted by Gasteiger charge is 2.34. The van der Waals surface area contributed by atoms with Crippen LogP contribution in [0.5, 0.6) is 0 Å². The number of amides is 1. The summed E-state index contributed by atoms with van der Waals surface area (Å²) in [7, 11) is 1.98. The number of fused-ring (bicyclic) bond motifs is 3. The van der Waals surface area contributed by atoms with Crippen LogP contribution < -0.4 is 5.32 Å². The predicted molar refractivity (Wildman–Crippen MR) is 104 cm³/mol. The normalized spacial score (nSPS) is 21.1. The van der Waals surface area contributed by atoms with Gasteiger partial charge in [0, 0.05) is 18.0 Å². The lowest BCUT2D eigenvalue weighted by atomic mass is 9.73. The van der Waals surface area contributed by atoms with Gasteiger partial charge < -0.3 is 10.2 Å². The molecule has 2 aromatic rings. The zero-order chi connectivity index (χ0) is 17.6. The zero-order valence-electron chi connectivity index (χ0n) is 15.3. The van der Waals surface area contributed by atoms with E-state index in [9.17, 15) is 4.79 Å². The van der Waals surface area contributed by atoms with Crippen LogP contribution in [0.15, 0.2) is 30.3 Å². The van der Waals surface area contributed by atoms with Crippen molar-refractivity contribution in [3.05, 3.63) is 46.3 Å². The summed E-state index contributed by atoms with van der Waals surface area (Å²) in [5.41, 5.74) is 4.17. The highest BCUT2D eigenvalue weighted by atomic mass is 32.1. The van der Waals surface area contributed by atoms with Gasteiger partial charge in [-0.2, -0.15) is 0 Å². The van der Waals surface area contributed by atoms with Crippen LogP contribution in [0.25, 0.3) is 10.4 Å². The third kappa shape index (κ3) is 2.91. The van der Waals surface area contributed by atoms with Gasteiger partial charge in [-0.15, -0.1) is 11.3 Å². The second kappa shape index (κ2) is 6.26. The number of nitrogens with zero attached hydrogens (tertiary/aromatic N) is 1. The van der Waals surface area contributed by atoms with E-state index in [4.69, 9.17) is 0 Å². The van der Waals surface area contributed by atoms with Gasteiger partial charge in [0.1, 0.15) is 0 Å². The molecular weight excluding hydrogens is 328 g/mol. The van der Waals surface area contributed by atoms with Crippen LogP contribution in [-0.4, -0.2) is 37.5 Å². The number of carbonyl (C=O) groups excluding carboxylic acids is 1. The average Bonchev–Trinajstić information content (AvgIpc) is 3.21. The molecule has 4 rings (SSSR count). The maximum Gasteiger partial charge on any atom is 0.263 e. The van der Waals surface area contributed by atoms with Crippen molar-refractivity contribution in [3.8, 4) is 10.4 Å². The Balaban J connectivity index is 1.64. The standard InChI is InChI=1S/C21H26N2OS/c1-21(2)11-15-10-18(20(24)23-9-8-14(13-23)12-22-3)25-19(15)16-6-4-5-7-17(16)21/h4-7,10,14,22H,8-9,11-13H2,1-3H3. The van der Waals surface area contributed by atoms with Crippen LogP contribution in [0, 0.1) is 5.92 Å². The lowest BCUT2D eigenvalue weighted by Crippen LogP contribution is -2.29. The summed E-state index contributed by atoms with van der Waals surface area (Å²) in [5.74, 6) is 0.802. The minimum absolute atomic E-state index is 0.122. The van der Waals surface area contributed by atoms with Gasteiger partial charge in [0.05, 0.1) is 4.88 Å². The second-order valence-electron chi connectivity index (χ2n) is 8.03. The number of thiophene rings is 1. The Morgan fingerprint density at radius 2 is 2.16 bits per heavy atom. The SMILES string of the molecule is CNCC1CCN(C(=O)c2cc3c(s2)-c2ccccc2C(C)(C)C3)C1. The van der Waals surface area contributed by atoms with Gasteiger partial charge in [0.25, 0.3) is 5.91 Å². The molecule has 2 heterocycles. The van der Waals surface area contributed by atoms with E-state index in [-0.39, 0.29) is 11.3 Å². The molecule has 3 nitrogen and oxygen atoms in total. The van der Waals surface area contributed by atoms with E-state index in [1.165, 1.54) is 21.6 Å². The van der Waals surface area contributed by atoms with Gasteiger partial charge in [-0.1, -0.05) is 38.1 Å². The van der Waals surface area contributed by atoms with E-state index in [1.807, 2.05) is 11.9 Å². The van der Waals surface area contributed by atoms with Gasteiger partial charge in [-0.25, -0.2) is 0 Å². The van der Waals surface area contributed by atoms with Crippen molar-refractivity contribution in [1.29, 1.82) is 0 Å². The Morgan fingerprint density at radius 1 is 1.36 bits per heavy atom. The molecule has 1 aliphatic carbocycles. The largest absolute Gasteiger partial charge is 0.338 e. The molecule has 2 aliphatic rings. The molecule has 1 amide bonds. The van der Waals surface area contributed by atoms with Gasteiger partial charge >= 0.3 is 0 Å². The Bertz CT molecular complexity index is 808. The van der Waals surface area contributed by atoms with E-state index in [0.29, 0.717) is 5.92 Å². The van der Waals surface area contributed by atoms with E-state index in [0.717, 1.165) is 37.4 Å². The molecule has 132 valence electrons. The van der Waals surface area contributed by atoms with Crippen LogP contribution in [0.2, 0.25) is 0 Å². The summed E-state index contributed by atoms with van der Waals surface area (Å²) in [5, 5.41) is 3.23. The second-order valence-corrected chi connectivity index (χ2v) is 9.09. The van der Waals surface area contributed by atoms with Crippen molar-refractivity contribution >= 4 is 17.2 Å². The summed E-state index contributed by atoms with van der Waals surface area (Å²) in [4.78, 5) is 17.2. The maximum atomic E-state index is 13.0. The van der Waals surface area contributed by atoms with Crippen LogP contribution in [-0.2, 0) is 11.8 Å². The molecule has 1 fully saturated rings. The smallest absolute Gasteiger partial charge is 0.263 e. The molecule has 1 aliphatic heterocycles. The molecule has 0 spiro atoms. The number of likely N-dealkylation sites (tertiary alicyclic amines) is 1. The van der Waals surface area contributed by atoms with Crippen molar-refractivity contribution in [2.24, 2.45) is 5.92 Å². The van der Waals surface area contributed by atoms with Crippen molar-refractivity contribution < 1.29 is 4.79 Å². The third-order valence-corrected chi connectivity index (χ3v) is 6.82. The average molecular weight is 355 g/mol. The fourth-order valence-corrected chi connectivity index (χ4v) is 5.55. The quantitative estimate of drug-likeness (QED) is 0.906. The molecule has 1 N–H and O–H groups in total. The van der Waals surface area contributed by atoms with Crippen LogP contribution in [0.1, 0.15) is 41.1 Å². The molecule has 25 heavy (non-hydrogen) atoms. The first-order valence-electron chi connectivity index (χ1n) is 9.16. The van der Waals surface area contributed by atoms with Crippen LogP contribution in [0.3, 0.4) is 0 Å². The maximum absolute atomic E-state index is 13.0. The van der Waals surface area contributed by atoms with Gasteiger partial charge in [-0.3, -0.25) is 4.79 Å². The monoisotopic (exact) mass is 354 g/mol. The molecule has 4 heteroatoms. The minimum atomic E-state index is 0.122. The minimum Gasteiger partial charge on any atom is -0.338 e. The van der Waals surface area contributed by atoms with E-state index < -0.39 is 0 Å². The molecule has 0 radical (unpaired) electrons. The lowest BCUT2D eigenvalue weighted by molar-refractivity contribution is 0.0792. The lowest BCUT2D eigenvalue weighted by Gasteiger charge is -2.32. The number of hydrogen-bond acceptors (Lipinski definition) is 3. The third-order valence-electron chi connectivity index (χ3n) is 5.62. The number of benzene rings is 1. The Morgan fingerprint density at radius 3 is 2.96 bits per heavy atom. The Labute approximate surface area is 154 Å². The summed E-state index contributed by atoms with van der Waals surface area (Å²) in [6, 6.07) is 10.8. The molecule has 1 atom stereocenters. The fourth-order valence-electron chi connectivity index (χ4n) is 4.36. The van der Waals surface area contributed by atoms with E-state index in [2.05, 4.69) is 49.5 Å². The first-order chi connectivity index (χ1) is 12.0. The van der Waals surface area contributed by atoms with Crippen molar-refractivity contribution in [3.63, 3.8) is 0 Å². The molecule has 0 saturated carbocycles. The summed E-state index contributed by atoms with van der Waals surface area (Å²) >= 11 is 1.68. The fraction of sp³-hybridized carbons (Fsp3) is 0.476. The molecular formula is C21H26N2OS. The number of nitrogens with one attached hydrogen (secondary N) is 1. The first kappa shape index (κ1) is 16.8. The molecule has 1 aromatic carbocycles. The van der Waals surface area contributed by atoms with Crippen LogP contribution in [0.4, 0.5) is 0 Å². The predicted octanol–water partition coefficient (Wildman–Crippen LogP) is 3.93. The molecule has 0 bridgehead atoms. The molecule has 1 aromatic heterocycles. The summed E-state index contributed by atoms with van der Waals surface area (Å²) in [6.45, 7) is 7.36. The summed E-state index contributed by atoms with van der Waals surface area (Å²) < 4.78 is 0. The summed E-state index contributed by atoms with van der Waals surface area (Å²) in [6.07, 6.45) is 2.11. The first-order valence-corrected chi connectivity index (χ1v) is 9.98. The van der Waals surface area contributed by atoms with Gasteiger partial charge in [0.2, 0.25) is 0 Å². The highest BCUT2D eigenvalue weighted by Crippen LogP contribution is 2.46. The highest BCUT2D eigenvalue weighted by molar-refractivity contribution is 7.17. The van der Waals surface area contributed by atoms with Crippen molar-refractivity contribution in [2.45, 2.75) is 32.1 Å². The van der Waals surface area contributed by atoms with E-state index in [1.54, 1.807) is 11.3 Å². The van der Waals surface area contributed by atoms with Crippen LogP contribution >= 0.6 is 11.3 Å². The number of rotatable bonds is 3. The number of carbonyl (C=O) groups is 1. The molecule has 1 unspecified atom stereocenters. The molecule has 1 saturated heterocycles.